The number of benzene rings is 1. The van der Waals surface area contributed by atoms with Gasteiger partial charge in [0.2, 0.25) is 0 Å². The number of rotatable bonds is 3. The number of hydrogen-bond donors (Lipinski definition) is 0. The molecule has 1 nitrogen and oxygen atoms in total. The Hall–Kier alpha value is -1.08. The van der Waals surface area contributed by atoms with Crippen molar-refractivity contribution in [1.29, 1.82) is 0 Å². The zero-order valence-electron chi connectivity index (χ0n) is 8.33. The molecule has 0 aliphatic rings. The fourth-order valence-corrected chi connectivity index (χ4v) is 1.30. The van der Waals surface area contributed by atoms with Gasteiger partial charge in [0.1, 0.15) is 6.29 Å². The smallest absolute Gasteiger partial charge is 0.146 e. The van der Waals surface area contributed by atoms with Crippen LogP contribution in [-0.4, -0.2) is 6.29 Å². The van der Waals surface area contributed by atoms with E-state index in [1.54, 1.807) is 0 Å². The largest absolute Gasteiger partial charge is 0.298 e. The van der Waals surface area contributed by atoms with Gasteiger partial charge >= 0.3 is 0 Å². The van der Waals surface area contributed by atoms with Gasteiger partial charge in [0.05, 0.1) is 0 Å². The molecule has 0 bridgehead atoms. The molecule has 0 radical (unpaired) electrons. The molecule has 0 N–H and O–H groups in total. The van der Waals surface area contributed by atoms with Crippen LogP contribution >= 0.6 is 11.6 Å². The summed E-state index contributed by atoms with van der Waals surface area (Å²) in [5, 5.41) is 0.674. The quantitative estimate of drug-likeness (QED) is 0.548. The van der Waals surface area contributed by atoms with Crippen LogP contribution in [0.4, 0.5) is 0 Å². The molecule has 0 heterocycles. The van der Waals surface area contributed by atoms with Gasteiger partial charge in [-0.05, 0) is 29.2 Å². The highest BCUT2D eigenvalue weighted by molar-refractivity contribution is 6.32. The maximum atomic E-state index is 10.8. The van der Waals surface area contributed by atoms with Crippen molar-refractivity contribution in [2.75, 3.05) is 0 Å². The van der Waals surface area contributed by atoms with E-state index >= 15 is 0 Å². The first-order chi connectivity index (χ1) is 6.65. The molecule has 0 spiro atoms. The predicted octanol–water partition coefficient (Wildman–Crippen LogP) is 3.58. The number of hydrogen-bond acceptors (Lipinski definition) is 1. The number of allylic oxidation sites excluding steroid dienone is 1. The molecule has 1 aromatic carbocycles. The van der Waals surface area contributed by atoms with Gasteiger partial charge in [-0.25, -0.2) is 0 Å². The first-order valence-corrected chi connectivity index (χ1v) is 4.94. The molecule has 0 amide bonds. The summed E-state index contributed by atoms with van der Waals surface area (Å²) in [4.78, 5) is 10.8. The van der Waals surface area contributed by atoms with Crippen LogP contribution in [0.1, 0.15) is 19.4 Å². The van der Waals surface area contributed by atoms with Crippen LogP contribution in [0, 0.1) is 5.92 Å². The second kappa shape index (κ2) is 4.97. The van der Waals surface area contributed by atoms with E-state index < -0.39 is 0 Å². The van der Waals surface area contributed by atoms with Crippen LogP contribution in [0.5, 0.6) is 0 Å². The summed E-state index contributed by atoms with van der Waals surface area (Å²) in [7, 11) is 0. The molecule has 0 saturated heterocycles. The van der Waals surface area contributed by atoms with Gasteiger partial charge < -0.3 is 0 Å². The molecule has 0 unspecified atom stereocenters. The van der Waals surface area contributed by atoms with Crippen LogP contribution in [-0.2, 0) is 4.79 Å². The Morgan fingerprint density at radius 1 is 1.36 bits per heavy atom. The molecule has 14 heavy (non-hydrogen) atoms. The number of carbonyl (C=O) groups is 1. The van der Waals surface area contributed by atoms with Crippen molar-refractivity contribution in [3.8, 4) is 0 Å². The van der Waals surface area contributed by atoms with Crippen molar-refractivity contribution < 1.29 is 4.79 Å². The Morgan fingerprint density at radius 3 is 2.50 bits per heavy atom. The lowest BCUT2D eigenvalue weighted by Crippen LogP contribution is -1.94. The second-order valence-electron chi connectivity index (χ2n) is 3.44. The van der Waals surface area contributed by atoms with E-state index in [1.165, 1.54) is 0 Å². The first-order valence-electron chi connectivity index (χ1n) is 4.56. The van der Waals surface area contributed by atoms with Gasteiger partial charge in [0, 0.05) is 5.02 Å². The lowest BCUT2D eigenvalue weighted by Gasteiger charge is -2.04. The number of halogens is 1. The lowest BCUT2D eigenvalue weighted by molar-refractivity contribution is -0.105. The molecular formula is C12H13ClO. The highest BCUT2D eigenvalue weighted by atomic mass is 35.5. The Bertz CT molecular complexity index is 353. The van der Waals surface area contributed by atoms with Crippen molar-refractivity contribution in [2.45, 2.75) is 13.8 Å². The Kier molecular flexibility index (Phi) is 3.90. The van der Waals surface area contributed by atoms with Crippen LogP contribution < -0.4 is 0 Å². The maximum Gasteiger partial charge on any atom is 0.146 e. The number of aldehydes is 1. The topological polar surface area (TPSA) is 17.1 Å². The monoisotopic (exact) mass is 208 g/mol. The summed E-state index contributed by atoms with van der Waals surface area (Å²) in [5.41, 5.74) is 1.66. The summed E-state index contributed by atoms with van der Waals surface area (Å²) in [6, 6.07) is 7.49. The average Bonchev–Trinajstić information content (AvgIpc) is 2.16. The highest BCUT2D eigenvalue weighted by Crippen LogP contribution is 2.20. The van der Waals surface area contributed by atoms with E-state index in [-0.39, 0.29) is 5.92 Å². The van der Waals surface area contributed by atoms with Gasteiger partial charge in [-0.15, -0.1) is 0 Å². The summed E-state index contributed by atoms with van der Waals surface area (Å²) >= 11 is 5.97. The van der Waals surface area contributed by atoms with E-state index in [4.69, 9.17) is 11.6 Å². The first kappa shape index (κ1) is 11.0. The molecule has 1 rings (SSSR count). The van der Waals surface area contributed by atoms with Crippen molar-refractivity contribution >= 4 is 24.0 Å². The summed E-state index contributed by atoms with van der Waals surface area (Å²) < 4.78 is 0. The van der Waals surface area contributed by atoms with E-state index in [9.17, 15) is 4.79 Å². The minimum atomic E-state index is 0.226. The summed E-state index contributed by atoms with van der Waals surface area (Å²) in [6.07, 6.45) is 2.72. The van der Waals surface area contributed by atoms with E-state index in [1.807, 2.05) is 44.2 Å². The maximum absolute atomic E-state index is 10.8. The Balaban J connectivity index is 3.06. The fraction of sp³-hybridized carbons (Fsp3) is 0.250. The van der Waals surface area contributed by atoms with E-state index in [0.717, 1.165) is 17.4 Å². The molecular weight excluding hydrogens is 196 g/mol. The van der Waals surface area contributed by atoms with Gasteiger partial charge in [0.15, 0.2) is 0 Å². The Morgan fingerprint density at radius 2 is 2.00 bits per heavy atom. The van der Waals surface area contributed by atoms with Crippen molar-refractivity contribution in [1.82, 2.24) is 0 Å². The Labute approximate surface area is 89.4 Å². The van der Waals surface area contributed by atoms with Crippen LogP contribution in [0.15, 0.2) is 29.8 Å². The predicted molar refractivity (Wildman–Crippen MR) is 60.3 cm³/mol. The molecule has 1 aromatic rings. The summed E-state index contributed by atoms with van der Waals surface area (Å²) in [6.45, 7) is 3.97. The van der Waals surface area contributed by atoms with Gasteiger partial charge in [-0.2, -0.15) is 0 Å². The zero-order valence-corrected chi connectivity index (χ0v) is 9.08. The molecule has 0 aromatic heterocycles. The minimum absolute atomic E-state index is 0.226. The van der Waals surface area contributed by atoms with Crippen molar-refractivity contribution in [3.63, 3.8) is 0 Å². The molecule has 0 aliphatic carbocycles. The fourth-order valence-electron chi connectivity index (χ4n) is 1.11. The third kappa shape index (κ3) is 2.71. The molecule has 0 atom stereocenters. The van der Waals surface area contributed by atoms with Crippen molar-refractivity contribution in [3.05, 3.63) is 40.4 Å². The third-order valence-electron chi connectivity index (χ3n) is 2.03. The summed E-state index contributed by atoms with van der Waals surface area (Å²) in [5.74, 6) is 0.226. The normalized spacial score (nSPS) is 11.9. The molecule has 0 aliphatic heterocycles. The number of carbonyl (C=O) groups excluding carboxylic acids is 1. The molecule has 0 saturated carbocycles. The highest BCUT2D eigenvalue weighted by Gasteiger charge is 2.03. The second-order valence-corrected chi connectivity index (χ2v) is 3.85. The standard InChI is InChI=1S/C12H13ClO/c1-9(2)11(8-14)7-10-5-3-4-6-12(10)13/h3-9H,1-2H3/b11-7-. The van der Waals surface area contributed by atoms with Crippen LogP contribution in [0.25, 0.3) is 6.08 Å². The average molecular weight is 209 g/mol. The third-order valence-corrected chi connectivity index (χ3v) is 2.37. The minimum Gasteiger partial charge on any atom is -0.298 e. The van der Waals surface area contributed by atoms with Gasteiger partial charge in [-0.1, -0.05) is 43.6 Å². The van der Waals surface area contributed by atoms with Gasteiger partial charge in [-0.3, -0.25) is 4.79 Å². The molecule has 2 heteroatoms. The molecule has 0 fully saturated rings. The van der Waals surface area contributed by atoms with Crippen molar-refractivity contribution in [2.24, 2.45) is 5.92 Å². The molecule has 74 valence electrons. The van der Waals surface area contributed by atoms with Crippen LogP contribution in [0.3, 0.4) is 0 Å². The zero-order chi connectivity index (χ0) is 10.6. The SMILES string of the molecule is CC(C)/C(C=O)=C\c1ccccc1Cl. The lowest BCUT2D eigenvalue weighted by atomic mass is 10.0. The van der Waals surface area contributed by atoms with E-state index in [0.29, 0.717) is 5.02 Å². The van der Waals surface area contributed by atoms with E-state index in [2.05, 4.69) is 0 Å². The van der Waals surface area contributed by atoms with Gasteiger partial charge in [0.25, 0.3) is 0 Å². The van der Waals surface area contributed by atoms with Crippen LogP contribution in [0.2, 0.25) is 5.02 Å².